The van der Waals surface area contributed by atoms with Gasteiger partial charge in [0, 0.05) is 13.5 Å². The average molecular weight is 385 g/mol. The van der Waals surface area contributed by atoms with Gasteiger partial charge in [0.05, 0.1) is 19.8 Å². The van der Waals surface area contributed by atoms with Crippen molar-refractivity contribution in [1.82, 2.24) is 4.90 Å². The molecule has 0 aromatic heterocycles. The molecule has 2 aromatic rings. The van der Waals surface area contributed by atoms with Crippen molar-refractivity contribution in [1.29, 1.82) is 0 Å². The van der Waals surface area contributed by atoms with Gasteiger partial charge in [0.15, 0.2) is 0 Å². The van der Waals surface area contributed by atoms with E-state index in [4.69, 9.17) is 4.74 Å². The van der Waals surface area contributed by atoms with Gasteiger partial charge in [-0.15, -0.1) is 0 Å². The number of likely N-dealkylation sites (N-methyl/N-ethyl adjacent to an activating group) is 1. The summed E-state index contributed by atoms with van der Waals surface area (Å²) in [6.07, 6.45) is 1.83. The summed E-state index contributed by atoms with van der Waals surface area (Å²) < 4.78 is 18.7. The lowest BCUT2D eigenvalue weighted by Crippen LogP contribution is -2.32. The summed E-state index contributed by atoms with van der Waals surface area (Å²) in [6, 6.07) is 12.3. The molecule has 2 aromatic carbocycles. The Hall–Kier alpha value is -2.40. The van der Waals surface area contributed by atoms with Gasteiger partial charge in [0.25, 0.3) is 0 Å². The van der Waals surface area contributed by atoms with Crippen LogP contribution >= 0.6 is 0 Å². The molecule has 28 heavy (non-hydrogen) atoms. The van der Waals surface area contributed by atoms with Crippen LogP contribution in [0.2, 0.25) is 0 Å². The van der Waals surface area contributed by atoms with Gasteiger partial charge in [0.2, 0.25) is 5.91 Å². The number of hydrogen-bond donors (Lipinski definition) is 1. The third-order valence-corrected chi connectivity index (χ3v) is 5.57. The van der Waals surface area contributed by atoms with Crippen LogP contribution in [0.15, 0.2) is 42.5 Å². The Morgan fingerprint density at radius 1 is 1.21 bits per heavy atom. The Labute approximate surface area is 165 Å². The number of rotatable bonds is 8. The molecule has 0 spiro atoms. The topological polar surface area (TPSA) is 49.8 Å². The quantitative estimate of drug-likeness (QED) is 0.740. The number of hydrogen-bond acceptors (Lipinski definition) is 3. The van der Waals surface area contributed by atoms with E-state index in [1.54, 1.807) is 56.3 Å². The molecule has 3 rings (SSSR count). The predicted octanol–water partition coefficient (Wildman–Crippen LogP) is 4.22. The molecule has 0 radical (unpaired) electrons. The summed E-state index contributed by atoms with van der Waals surface area (Å²) in [7, 11) is 3.31. The standard InChI is InChI=1S/C23H28FNO3/c1-15-12-18(8-11-21(15)24)20(16-4-5-16)13-23(27)25(2)14-22(26)17-6-9-19(28-3)10-7-17/h6-12,16,20,22,26H,4-5,13-14H2,1-3H3. The Morgan fingerprint density at radius 3 is 2.43 bits per heavy atom. The van der Waals surface area contributed by atoms with Crippen LogP contribution in [0.3, 0.4) is 0 Å². The van der Waals surface area contributed by atoms with Crippen molar-refractivity contribution in [2.24, 2.45) is 5.92 Å². The van der Waals surface area contributed by atoms with E-state index in [2.05, 4.69) is 0 Å². The largest absolute Gasteiger partial charge is 0.497 e. The molecule has 2 unspecified atom stereocenters. The molecule has 4 nitrogen and oxygen atoms in total. The molecule has 1 saturated carbocycles. The van der Waals surface area contributed by atoms with Gasteiger partial charge in [-0.1, -0.05) is 24.3 Å². The van der Waals surface area contributed by atoms with Crippen molar-refractivity contribution in [3.05, 3.63) is 65.0 Å². The summed E-state index contributed by atoms with van der Waals surface area (Å²) >= 11 is 0. The van der Waals surface area contributed by atoms with E-state index in [1.807, 2.05) is 6.07 Å². The molecule has 1 amide bonds. The normalized spacial score (nSPS) is 15.8. The van der Waals surface area contributed by atoms with Gasteiger partial charge >= 0.3 is 0 Å². The van der Waals surface area contributed by atoms with E-state index in [-0.39, 0.29) is 24.2 Å². The highest BCUT2D eigenvalue weighted by molar-refractivity contribution is 5.77. The number of carbonyl (C=O) groups is 1. The second-order valence-electron chi connectivity index (χ2n) is 7.72. The van der Waals surface area contributed by atoms with Crippen molar-refractivity contribution in [2.45, 2.75) is 38.2 Å². The van der Waals surface area contributed by atoms with Gasteiger partial charge < -0.3 is 14.7 Å². The SMILES string of the molecule is COc1ccc(C(O)CN(C)C(=O)CC(c2ccc(F)c(C)c2)C2CC2)cc1. The van der Waals surface area contributed by atoms with Crippen molar-refractivity contribution in [2.75, 3.05) is 20.7 Å². The van der Waals surface area contributed by atoms with E-state index in [0.29, 0.717) is 17.9 Å². The van der Waals surface area contributed by atoms with E-state index in [9.17, 15) is 14.3 Å². The molecular weight excluding hydrogens is 357 g/mol. The highest BCUT2D eigenvalue weighted by atomic mass is 19.1. The first-order chi connectivity index (χ1) is 13.4. The molecule has 0 saturated heterocycles. The summed E-state index contributed by atoms with van der Waals surface area (Å²) in [5.74, 6) is 1.08. The zero-order valence-electron chi connectivity index (χ0n) is 16.7. The molecule has 150 valence electrons. The number of carbonyl (C=O) groups excluding carboxylic acids is 1. The van der Waals surface area contributed by atoms with Crippen LogP contribution < -0.4 is 4.74 Å². The molecule has 0 heterocycles. The third-order valence-electron chi connectivity index (χ3n) is 5.57. The molecule has 2 atom stereocenters. The molecular formula is C23H28FNO3. The van der Waals surface area contributed by atoms with Crippen molar-refractivity contribution in [3.63, 3.8) is 0 Å². The zero-order valence-corrected chi connectivity index (χ0v) is 16.7. The summed E-state index contributed by atoms with van der Waals surface area (Å²) in [6.45, 7) is 1.98. The first-order valence-corrected chi connectivity index (χ1v) is 9.71. The van der Waals surface area contributed by atoms with Gasteiger partial charge in [-0.25, -0.2) is 4.39 Å². The van der Waals surface area contributed by atoms with Gasteiger partial charge in [-0.05, 0) is 66.5 Å². The first kappa shape index (κ1) is 20.3. The van der Waals surface area contributed by atoms with Crippen molar-refractivity contribution in [3.8, 4) is 5.75 Å². The van der Waals surface area contributed by atoms with Gasteiger partial charge in [-0.3, -0.25) is 4.79 Å². The number of amides is 1. The second-order valence-corrected chi connectivity index (χ2v) is 7.72. The van der Waals surface area contributed by atoms with Crippen LogP contribution in [-0.4, -0.2) is 36.6 Å². The minimum Gasteiger partial charge on any atom is -0.497 e. The fraction of sp³-hybridized carbons (Fsp3) is 0.435. The first-order valence-electron chi connectivity index (χ1n) is 9.71. The third kappa shape index (κ3) is 4.90. The monoisotopic (exact) mass is 385 g/mol. The Morgan fingerprint density at radius 2 is 1.86 bits per heavy atom. The van der Waals surface area contributed by atoms with E-state index in [1.165, 1.54) is 6.07 Å². The molecule has 1 fully saturated rings. The smallest absolute Gasteiger partial charge is 0.223 e. The molecule has 5 heteroatoms. The Kier molecular flexibility index (Phi) is 6.35. The number of aliphatic hydroxyl groups excluding tert-OH is 1. The number of ether oxygens (including phenoxy) is 1. The zero-order chi connectivity index (χ0) is 20.3. The summed E-state index contributed by atoms with van der Waals surface area (Å²) in [5, 5.41) is 10.5. The summed E-state index contributed by atoms with van der Waals surface area (Å²) in [5.41, 5.74) is 2.38. The van der Waals surface area contributed by atoms with Crippen LogP contribution in [0, 0.1) is 18.7 Å². The molecule has 1 aliphatic carbocycles. The van der Waals surface area contributed by atoms with Crippen molar-refractivity contribution < 1.29 is 19.0 Å². The highest BCUT2D eigenvalue weighted by Crippen LogP contribution is 2.45. The van der Waals surface area contributed by atoms with Crippen molar-refractivity contribution >= 4 is 5.91 Å². The number of halogens is 1. The van der Waals surface area contributed by atoms with Crippen LogP contribution in [0.25, 0.3) is 0 Å². The maximum absolute atomic E-state index is 13.6. The number of nitrogens with zero attached hydrogens (tertiary/aromatic N) is 1. The number of aliphatic hydroxyl groups is 1. The van der Waals surface area contributed by atoms with E-state index in [0.717, 1.165) is 29.7 Å². The maximum atomic E-state index is 13.6. The fourth-order valence-electron chi connectivity index (χ4n) is 3.59. The van der Waals surface area contributed by atoms with Crippen LogP contribution in [0.5, 0.6) is 5.75 Å². The lowest BCUT2D eigenvalue weighted by Gasteiger charge is -2.24. The highest BCUT2D eigenvalue weighted by Gasteiger charge is 2.34. The second kappa shape index (κ2) is 8.74. The number of methoxy groups -OCH3 is 1. The molecule has 0 aliphatic heterocycles. The minimum atomic E-state index is -0.757. The maximum Gasteiger partial charge on any atom is 0.223 e. The minimum absolute atomic E-state index is 0.00793. The predicted molar refractivity (Wildman–Crippen MR) is 107 cm³/mol. The van der Waals surface area contributed by atoms with E-state index >= 15 is 0 Å². The molecule has 1 aliphatic rings. The number of aryl methyl sites for hydroxylation is 1. The lowest BCUT2D eigenvalue weighted by molar-refractivity contribution is -0.131. The number of benzene rings is 2. The van der Waals surface area contributed by atoms with Crippen LogP contribution in [0.1, 0.15) is 48.0 Å². The van der Waals surface area contributed by atoms with Crippen LogP contribution in [0.4, 0.5) is 4.39 Å². The Bertz CT molecular complexity index is 817. The Balaban J connectivity index is 1.63. The average Bonchev–Trinajstić information content (AvgIpc) is 3.53. The molecule has 0 bridgehead atoms. The summed E-state index contributed by atoms with van der Waals surface area (Å²) in [4.78, 5) is 14.4. The van der Waals surface area contributed by atoms with Gasteiger partial charge in [0.1, 0.15) is 11.6 Å². The fourth-order valence-corrected chi connectivity index (χ4v) is 3.59. The van der Waals surface area contributed by atoms with Gasteiger partial charge in [-0.2, -0.15) is 0 Å². The molecule has 1 N–H and O–H groups in total. The lowest BCUT2D eigenvalue weighted by atomic mass is 9.89. The van der Waals surface area contributed by atoms with E-state index < -0.39 is 6.10 Å². The van der Waals surface area contributed by atoms with Crippen LogP contribution in [-0.2, 0) is 4.79 Å².